The van der Waals surface area contributed by atoms with Gasteiger partial charge in [0.05, 0.1) is 0 Å². The standard InChI is InChI=1S/C13H16ClN3O2S/c1-16-12-3-2-11(14)8-10(12)9-13(16)20(18,19)17-6-4-15-5-7-17/h2-3,8-9,15H,4-7H2,1H3. The van der Waals surface area contributed by atoms with Gasteiger partial charge in [-0.2, -0.15) is 4.31 Å². The zero-order valence-corrected chi connectivity index (χ0v) is 12.7. The van der Waals surface area contributed by atoms with Gasteiger partial charge < -0.3 is 9.88 Å². The summed E-state index contributed by atoms with van der Waals surface area (Å²) in [5.74, 6) is 0. The monoisotopic (exact) mass is 313 g/mol. The van der Waals surface area contributed by atoms with Crippen LogP contribution in [0, 0.1) is 0 Å². The maximum absolute atomic E-state index is 12.7. The van der Waals surface area contributed by atoms with E-state index in [-0.39, 0.29) is 0 Å². The van der Waals surface area contributed by atoms with E-state index < -0.39 is 10.0 Å². The van der Waals surface area contributed by atoms with Gasteiger partial charge in [0.25, 0.3) is 10.0 Å². The molecule has 0 saturated carbocycles. The van der Waals surface area contributed by atoms with Gasteiger partial charge in [-0.1, -0.05) is 11.6 Å². The molecule has 2 aromatic rings. The third-order valence-electron chi connectivity index (χ3n) is 3.64. The summed E-state index contributed by atoms with van der Waals surface area (Å²) >= 11 is 5.97. The number of rotatable bonds is 2. The fourth-order valence-corrected chi connectivity index (χ4v) is 4.39. The smallest absolute Gasteiger partial charge is 0.258 e. The van der Waals surface area contributed by atoms with Crippen molar-refractivity contribution >= 4 is 32.5 Å². The normalized spacial score (nSPS) is 17.7. The number of aromatic nitrogens is 1. The Morgan fingerprint density at radius 2 is 1.90 bits per heavy atom. The molecule has 0 aliphatic carbocycles. The highest BCUT2D eigenvalue weighted by Gasteiger charge is 2.28. The molecule has 1 aromatic carbocycles. The topological polar surface area (TPSA) is 54.3 Å². The summed E-state index contributed by atoms with van der Waals surface area (Å²) in [6, 6.07) is 7.09. The predicted molar refractivity (Wildman–Crippen MR) is 79.6 cm³/mol. The minimum atomic E-state index is -3.45. The molecule has 1 fully saturated rings. The first-order valence-corrected chi connectivity index (χ1v) is 8.28. The highest BCUT2D eigenvalue weighted by atomic mass is 35.5. The van der Waals surface area contributed by atoms with Gasteiger partial charge in [0.15, 0.2) is 5.03 Å². The van der Waals surface area contributed by atoms with E-state index in [1.807, 2.05) is 6.07 Å². The Morgan fingerprint density at radius 1 is 1.20 bits per heavy atom. The van der Waals surface area contributed by atoms with Crippen LogP contribution in [0.15, 0.2) is 29.3 Å². The number of piperazine rings is 1. The van der Waals surface area contributed by atoms with E-state index >= 15 is 0 Å². The SMILES string of the molecule is Cn1c(S(=O)(=O)N2CCNCC2)cc2cc(Cl)ccc21. The van der Waals surface area contributed by atoms with Crippen LogP contribution in [0.5, 0.6) is 0 Å². The lowest BCUT2D eigenvalue weighted by Crippen LogP contribution is -2.46. The average molecular weight is 314 g/mol. The van der Waals surface area contributed by atoms with E-state index in [9.17, 15) is 8.42 Å². The third kappa shape index (κ3) is 2.22. The molecule has 108 valence electrons. The zero-order chi connectivity index (χ0) is 14.3. The van der Waals surface area contributed by atoms with Crippen LogP contribution in [0.3, 0.4) is 0 Å². The summed E-state index contributed by atoms with van der Waals surface area (Å²) in [7, 11) is -1.69. The molecule has 5 nitrogen and oxygen atoms in total. The molecule has 1 N–H and O–H groups in total. The minimum Gasteiger partial charge on any atom is -0.334 e. The van der Waals surface area contributed by atoms with Gasteiger partial charge in [-0.3, -0.25) is 0 Å². The first-order chi connectivity index (χ1) is 9.50. The van der Waals surface area contributed by atoms with Gasteiger partial charge in [-0.25, -0.2) is 8.42 Å². The maximum atomic E-state index is 12.7. The number of hydrogen-bond donors (Lipinski definition) is 1. The Kier molecular flexibility index (Phi) is 3.50. The quantitative estimate of drug-likeness (QED) is 0.912. The molecular formula is C13H16ClN3O2S. The highest BCUT2D eigenvalue weighted by molar-refractivity contribution is 7.89. The first kappa shape index (κ1) is 13.9. The number of sulfonamides is 1. The van der Waals surface area contributed by atoms with Crippen molar-refractivity contribution in [2.45, 2.75) is 5.03 Å². The summed E-state index contributed by atoms with van der Waals surface area (Å²) in [6.07, 6.45) is 0. The van der Waals surface area contributed by atoms with Crippen molar-refractivity contribution in [1.29, 1.82) is 0 Å². The largest absolute Gasteiger partial charge is 0.334 e. The molecule has 0 bridgehead atoms. The lowest BCUT2D eigenvalue weighted by atomic mass is 10.2. The number of hydrogen-bond acceptors (Lipinski definition) is 3. The first-order valence-electron chi connectivity index (χ1n) is 6.46. The second-order valence-corrected chi connectivity index (χ2v) is 7.22. The molecule has 1 aromatic heterocycles. The third-order valence-corrected chi connectivity index (χ3v) is 5.84. The van der Waals surface area contributed by atoms with Gasteiger partial charge in [0.2, 0.25) is 0 Å². The van der Waals surface area contributed by atoms with Gasteiger partial charge in [0, 0.05) is 49.2 Å². The van der Waals surface area contributed by atoms with Crippen LogP contribution in [0.25, 0.3) is 10.9 Å². The summed E-state index contributed by atoms with van der Waals surface area (Å²) in [5, 5.41) is 4.92. The lowest BCUT2D eigenvalue weighted by molar-refractivity contribution is 0.358. The molecule has 20 heavy (non-hydrogen) atoms. The van der Waals surface area contributed by atoms with E-state index in [2.05, 4.69) is 5.32 Å². The van der Waals surface area contributed by atoms with Crippen LogP contribution in [0.4, 0.5) is 0 Å². The van der Waals surface area contributed by atoms with E-state index in [1.54, 1.807) is 29.8 Å². The van der Waals surface area contributed by atoms with Crippen molar-refractivity contribution in [1.82, 2.24) is 14.2 Å². The molecule has 1 saturated heterocycles. The molecule has 2 heterocycles. The Hall–Kier alpha value is -1.08. The van der Waals surface area contributed by atoms with E-state index in [0.717, 1.165) is 10.9 Å². The van der Waals surface area contributed by atoms with Crippen LogP contribution >= 0.6 is 11.6 Å². The van der Waals surface area contributed by atoms with Crippen molar-refractivity contribution in [2.24, 2.45) is 7.05 Å². The van der Waals surface area contributed by atoms with Crippen LogP contribution < -0.4 is 5.32 Å². The van der Waals surface area contributed by atoms with E-state index in [0.29, 0.717) is 36.2 Å². The fourth-order valence-electron chi connectivity index (χ4n) is 2.56. The molecular weight excluding hydrogens is 298 g/mol. The molecule has 0 spiro atoms. The lowest BCUT2D eigenvalue weighted by Gasteiger charge is -2.26. The van der Waals surface area contributed by atoms with Crippen molar-refractivity contribution in [3.63, 3.8) is 0 Å². The highest BCUT2D eigenvalue weighted by Crippen LogP contribution is 2.27. The molecule has 0 amide bonds. The predicted octanol–water partition coefficient (Wildman–Crippen LogP) is 1.43. The fraction of sp³-hybridized carbons (Fsp3) is 0.385. The van der Waals surface area contributed by atoms with Crippen LogP contribution in [0.1, 0.15) is 0 Å². The Balaban J connectivity index is 2.11. The van der Waals surface area contributed by atoms with Gasteiger partial charge in [0.1, 0.15) is 0 Å². The molecule has 7 heteroatoms. The number of nitrogens with one attached hydrogen (secondary N) is 1. The van der Waals surface area contributed by atoms with E-state index in [4.69, 9.17) is 11.6 Å². The number of benzene rings is 1. The molecule has 0 radical (unpaired) electrons. The summed E-state index contributed by atoms with van der Waals surface area (Å²) in [5.41, 5.74) is 0.864. The van der Waals surface area contributed by atoms with Crippen molar-refractivity contribution in [2.75, 3.05) is 26.2 Å². The van der Waals surface area contributed by atoms with Crippen LogP contribution in [0.2, 0.25) is 5.02 Å². The number of nitrogens with zero attached hydrogens (tertiary/aromatic N) is 2. The summed E-state index contributed by atoms with van der Waals surface area (Å²) in [6.45, 7) is 2.39. The summed E-state index contributed by atoms with van der Waals surface area (Å²) < 4.78 is 28.7. The minimum absolute atomic E-state index is 0.316. The van der Waals surface area contributed by atoms with E-state index in [1.165, 1.54) is 4.31 Å². The molecule has 1 aliphatic rings. The molecule has 1 aliphatic heterocycles. The van der Waals surface area contributed by atoms with Crippen molar-refractivity contribution < 1.29 is 8.42 Å². The number of halogens is 1. The van der Waals surface area contributed by atoms with Crippen molar-refractivity contribution in [3.05, 3.63) is 29.3 Å². The van der Waals surface area contributed by atoms with Gasteiger partial charge in [-0.15, -0.1) is 0 Å². The van der Waals surface area contributed by atoms with Gasteiger partial charge >= 0.3 is 0 Å². The number of fused-ring (bicyclic) bond motifs is 1. The average Bonchev–Trinajstić information content (AvgIpc) is 2.77. The summed E-state index contributed by atoms with van der Waals surface area (Å²) in [4.78, 5) is 0. The molecule has 3 rings (SSSR count). The Morgan fingerprint density at radius 3 is 2.60 bits per heavy atom. The Bertz CT molecular complexity index is 748. The zero-order valence-electron chi connectivity index (χ0n) is 11.1. The second kappa shape index (κ2) is 5.04. The van der Waals surface area contributed by atoms with Gasteiger partial charge in [-0.05, 0) is 24.3 Å². The number of aryl methyl sites for hydroxylation is 1. The molecule has 0 atom stereocenters. The second-order valence-electron chi connectivity index (χ2n) is 4.90. The maximum Gasteiger partial charge on any atom is 0.258 e. The van der Waals surface area contributed by atoms with Crippen LogP contribution in [-0.2, 0) is 17.1 Å². The Labute approximate surface area is 123 Å². The van der Waals surface area contributed by atoms with Crippen LogP contribution in [-0.4, -0.2) is 43.5 Å². The van der Waals surface area contributed by atoms with Crippen molar-refractivity contribution in [3.8, 4) is 0 Å². The molecule has 0 unspecified atom stereocenters.